The van der Waals surface area contributed by atoms with Gasteiger partial charge in [-0.2, -0.15) is 0 Å². The quantitative estimate of drug-likeness (QED) is 0.241. The summed E-state index contributed by atoms with van der Waals surface area (Å²) in [4.78, 5) is 35.9. The van der Waals surface area contributed by atoms with Crippen LogP contribution in [-0.2, 0) is 48.2 Å². The summed E-state index contributed by atoms with van der Waals surface area (Å²) >= 11 is 0. The third-order valence-corrected chi connectivity index (χ3v) is 12.5. The number of fused-ring (bicyclic) bond motifs is 7. The van der Waals surface area contributed by atoms with Crippen molar-refractivity contribution in [3.8, 4) is 0 Å². The van der Waals surface area contributed by atoms with E-state index in [0.29, 0.717) is 24.1 Å². The molecule has 2 heterocycles. The average molecular weight is 667 g/mol. The molecule has 10 atom stereocenters. The van der Waals surface area contributed by atoms with E-state index >= 15 is 0 Å². The lowest BCUT2D eigenvalue weighted by atomic mass is 9.46. The zero-order valence-electron chi connectivity index (χ0n) is 26.8. The summed E-state index contributed by atoms with van der Waals surface area (Å²) in [6.07, 6.45) is 7.67. The van der Waals surface area contributed by atoms with Crippen molar-refractivity contribution in [3.63, 3.8) is 0 Å². The minimum Gasteiger partial charge on any atom is -0.398 e. The number of anilines is 1. The zero-order chi connectivity index (χ0) is 33.5. The van der Waals surface area contributed by atoms with Crippen LogP contribution < -0.4 is 5.73 Å². The number of benzene rings is 1. The number of nitrogens with two attached hydrogens (primary N) is 1. The van der Waals surface area contributed by atoms with E-state index in [2.05, 4.69) is 6.92 Å². The monoisotopic (exact) mass is 666 g/mol. The first kappa shape index (κ1) is 32.6. The molecule has 1 aromatic carbocycles. The van der Waals surface area contributed by atoms with Crippen molar-refractivity contribution in [1.29, 1.82) is 0 Å². The number of rotatable bonds is 8. The predicted molar refractivity (Wildman–Crippen MR) is 172 cm³/mol. The molecule has 11 nitrogen and oxygen atoms in total. The van der Waals surface area contributed by atoms with Crippen LogP contribution in [0.3, 0.4) is 0 Å². The highest BCUT2D eigenvalue weighted by molar-refractivity contribution is 7.32. The van der Waals surface area contributed by atoms with E-state index in [0.717, 1.165) is 35.2 Å². The van der Waals surface area contributed by atoms with Gasteiger partial charge in [-0.1, -0.05) is 37.6 Å². The molecule has 5 N–H and O–H groups in total. The molecule has 4 aliphatic carbocycles. The van der Waals surface area contributed by atoms with E-state index in [4.69, 9.17) is 19.7 Å². The Kier molecular flexibility index (Phi) is 8.07. The Morgan fingerprint density at radius 3 is 2.77 bits per heavy atom. The minimum absolute atomic E-state index is 0.0326. The average Bonchev–Trinajstić information content (AvgIpc) is 3.65. The van der Waals surface area contributed by atoms with Crippen molar-refractivity contribution in [1.82, 2.24) is 4.57 Å². The first-order chi connectivity index (χ1) is 22.3. The second-order valence-corrected chi connectivity index (χ2v) is 15.3. The third-order valence-electron chi connectivity index (χ3n) is 12.1. The van der Waals surface area contributed by atoms with Gasteiger partial charge in [0.05, 0.1) is 18.8 Å². The number of aromatic nitrogens is 1. The maximum atomic E-state index is 14.2. The molecule has 1 saturated heterocycles. The van der Waals surface area contributed by atoms with Gasteiger partial charge in [-0.15, -0.1) is 0 Å². The van der Waals surface area contributed by atoms with E-state index in [-0.39, 0.29) is 36.6 Å². The number of carbonyl (C=O) groups excluding carboxylic acids is 2. The Balaban J connectivity index is 1.21. The fraction of sp³-hybridized carbons (Fsp3) is 0.543. The van der Waals surface area contributed by atoms with Gasteiger partial charge in [0.1, 0.15) is 6.61 Å². The van der Waals surface area contributed by atoms with Crippen molar-refractivity contribution < 1.29 is 43.3 Å². The molecule has 3 saturated carbocycles. The van der Waals surface area contributed by atoms with Crippen LogP contribution in [0.15, 0.2) is 54.3 Å². The van der Waals surface area contributed by atoms with Crippen molar-refractivity contribution in [3.05, 3.63) is 76.6 Å². The normalized spacial score (nSPS) is 37.9. The molecular weight excluding hydrogens is 623 g/mol. The summed E-state index contributed by atoms with van der Waals surface area (Å²) in [6.45, 7) is 3.35. The summed E-state index contributed by atoms with van der Waals surface area (Å²) in [5.74, 6) is -0.645. The van der Waals surface area contributed by atoms with Crippen LogP contribution in [0, 0.1) is 28.6 Å². The molecule has 0 spiro atoms. The molecule has 1 aliphatic heterocycles. The Morgan fingerprint density at radius 1 is 1.26 bits per heavy atom. The van der Waals surface area contributed by atoms with Crippen molar-refractivity contribution >= 4 is 25.5 Å². The topological polar surface area (TPSA) is 171 Å². The number of aliphatic hydroxyl groups is 2. The summed E-state index contributed by atoms with van der Waals surface area (Å²) < 4.78 is 32.0. The third kappa shape index (κ3) is 4.97. The number of carbonyl (C=O) groups is 2. The number of aliphatic hydroxyl groups excluding tert-OH is 2. The van der Waals surface area contributed by atoms with Crippen LogP contribution in [0.25, 0.3) is 0 Å². The first-order valence-corrected chi connectivity index (χ1v) is 17.5. The molecule has 1 aromatic heterocycles. The fourth-order valence-corrected chi connectivity index (χ4v) is 10.3. The lowest BCUT2D eigenvalue weighted by Crippen LogP contribution is -2.63. The van der Waals surface area contributed by atoms with Crippen LogP contribution in [0.2, 0.25) is 0 Å². The Hall–Kier alpha value is -2.89. The SMILES string of the molecule is Cn1cc([C@@H]2O[C@@H]3C[C@H]4[C@@H]5CCC6=CC(=O)C=C[C@]6(C)[C@H]5[C@@H](O)C[C@]4(C)[C@]3(C(=O)CO[PH](=O)O)O2)cc1Cc1ccc(CO)c(N)c1. The number of ether oxygens (including phenoxy) is 2. The molecule has 0 radical (unpaired) electrons. The predicted octanol–water partition coefficient (Wildman–Crippen LogP) is 3.70. The van der Waals surface area contributed by atoms with E-state index in [1.807, 2.05) is 55.1 Å². The van der Waals surface area contributed by atoms with Gasteiger partial charge < -0.3 is 39.4 Å². The summed E-state index contributed by atoms with van der Waals surface area (Å²) in [5.41, 5.74) is 8.17. The van der Waals surface area contributed by atoms with Crippen LogP contribution in [0.1, 0.15) is 68.2 Å². The number of ketones is 2. The Labute approximate surface area is 274 Å². The maximum absolute atomic E-state index is 14.2. The van der Waals surface area contributed by atoms with Gasteiger partial charge in [-0.3, -0.25) is 14.2 Å². The summed E-state index contributed by atoms with van der Waals surface area (Å²) in [6, 6.07) is 7.56. The molecule has 252 valence electrons. The van der Waals surface area contributed by atoms with Gasteiger partial charge in [0, 0.05) is 58.9 Å². The summed E-state index contributed by atoms with van der Waals surface area (Å²) in [7, 11) is -1.46. The maximum Gasteiger partial charge on any atom is 0.317 e. The lowest BCUT2D eigenvalue weighted by Gasteiger charge is -2.59. The number of nitrogens with zero attached hydrogens (tertiary/aromatic N) is 1. The molecular formula is C35H43N2O9P. The molecule has 0 bridgehead atoms. The van der Waals surface area contributed by atoms with Gasteiger partial charge in [0.15, 0.2) is 23.5 Å². The molecule has 12 heteroatoms. The lowest BCUT2D eigenvalue weighted by molar-refractivity contribution is -0.200. The van der Waals surface area contributed by atoms with Gasteiger partial charge in [-0.25, -0.2) is 0 Å². The van der Waals surface area contributed by atoms with Gasteiger partial charge >= 0.3 is 8.25 Å². The van der Waals surface area contributed by atoms with E-state index in [9.17, 15) is 29.3 Å². The summed E-state index contributed by atoms with van der Waals surface area (Å²) in [5, 5.41) is 21.4. The smallest absolute Gasteiger partial charge is 0.317 e. The highest BCUT2D eigenvalue weighted by Gasteiger charge is 2.76. The number of hydrogen-bond acceptors (Lipinski definition) is 9. The largest absolute Gasteiger partial charge is 0.398 e. The number of nitrogen functional groups attached to an aromatic ring is 1. The number of Topliss-reactive ketones (excluding diaryl/α,β-unsaturated/α-hetero) is 1. The van der Waals surface area contributed by atoms with Crippen molar-refractivity contribution in [2.45, 2.75) is 76.7 Å². The second-order valence-electron chi connectivity index (χ2n) is 14.5. The number of hydrogen-bond donors (Lipinski definition) is 4. The fourth-order valence-electron chi connectivity index (χ4n) is 10.0. The first-order valence-electron chi connectivity index (χ1n) is 16.3. The molecule has 0 amide bonds. The second kappa shape index (κ2) is 11.6. The molecule has 5 aliphatic rings. The highest BCUT2D eigenvalue weighted by atomic mass is 31.1. The molecule has 1 unspecified atom stereocenters. The number of allylic oxidation sites excluding steroid dienone is 4. The molecule has 7 rings (SSSR count). The van der Waals surface area contributed by atoms with E-state index in [1.54, 1.807) is 12.2 Å². The minimum atomic E-state index is -3.38. The Morgan fingerprint density at radius 2 is 2.04 bits per heavy atom. The molecule has 4 fully saturated rings. The van der Waals surface area contributed by atoms with Crippen molar-refractivity contribution in [2.75, 3.05) is 12.3 Å². The molecule has 47 heavy (non-hydrogen) atoms. The van der Waals surface area contributed by atoms with E-state index in [1.165, 1.54) is 0 Å². The van der Waals surface area contributed by atoms with Crippen LogP contribution in [-0.4, -0.2) is 55.7 Å². The van der Waals surface area contributed by atoms with Crippen LogP contribution in [0.4, 0.5) is 5.69 Å². The zero-order valence-corrected chi connectivity index (χ0v) is 27.8. The highest BCUT2D eigenvalue weighted by Crippen LogP contribution is 2.70. The number of aryl methyl sites for hydroxylation is 1. The molecule has 2 aromatic rings. The van der Waals surface area contributed by atoms with Crippen LogP contribution >= 0.6 is 8.25 Å². The van der Waals surface area contributed by atoms with Crippen molar-refractivity contribution in [2.24, 2.45) is 35.6 Å². The van der Waals surface area contributed by atoms with Gasteiger partial charge in [-0.05, 0) is 67.4 Å². The standard InChI is InChI=1S/C35H43N2O9P/c1-33-9-8-24(39)13-22(33)6-7-25-26-14-30-35(29(41)18-44-47(42)43,34(26,2)15-28(40)31(25)33)46-32(45-30)21-12-23(37(3)16-21)10-19-4-5-20(17-38)27(36)11-19/h4-5,8-9,11-13,16,25-26,28,30-32,38,40,47H,6-7,10,14-15,17-18,36H2,1-3H3,(H,42,43)/t25-,26-,28-,30+,31+,32+,33-,34-,35+/m0/s1. The van der Waals surface area contributed by atoms with Gasteiger partial charge in [0.25, 0.3) is 0 Å². The Bertz CT molecular complexity index is 1720. The van der Waals surface area contributed by atoms with E-state index < -0.39 is 55.6 Å². The van der Waals surface area contributed by atoms with Crippen LogP contribution in [0.5, 0.6) is 0 Å². The van der Waals surface area contributed by atoms with Gasteiger partial charge in [0.2, 0.25) is 0 Å².